The number of ether oxygens (including phenoxy) is 1. The van der Waals surface area contributed by atoms with Gasteiger partial charge < -0.3 is 14.2 Å². The van der Waals surface area contributed by atoms with E-state index < -0.39 is 6.61 Å². The molecule has 1 aliphatic rings. The summed E-state index contributed by atoms with van der Waals surface area (Å²) < 4.78 is 33.8. The fourth-order valence-corrected chi connectivity index (χ4v) is 2.94. The predicted octanol–water partition coefficient (Wildman–Crippen LogP) is 2.47. The van der Waals surface area contributed by atoms with E-state index in [1.54, 1.807) is 12.1 Å². The zero-order valence-electron chi connectivity index (χ0n) is 14.5. The summed E-state index contributed by atoms with van der Waals surface area (Å²) in [6.45, 7) is 2.57. The number of alkyl halides is 2. The summed E-state index contributed by atoms with van der Waals surface area (Å²) in [4.78, 5) is 16.5. The number of halogens is 2. The Balaban J connectivity index is 1.46. The largest absolute Gasteiger partial charge is 0.435 e. The lowest BCUT2D eigenvalue weighted by molar-refractivity contribution is -0.132. The fourth-order valence-electron chi connectivity index (χ4n) is 2.94. The average molecular weight is 365 g/mol. The van der Waals surface area contributed by atoms with E-state index >= 15 is 0 Å². The predicted molar refractivity (Wildman–Crippen MR) is 89.9 cm³/mol. The normalized spacial score (nSPS) is 15.5. The number of amides is 1. The van der Waals surface area contributed by atoms with E-state index in [2.05, 4.69) is 14.8 Å². The van der Waals surface area contributed by atoms with Gasteiger partial charge >= 0.3 is 6.61 Å². The van der Waals surface area contributed by atoms with E-state index in [1.807, 2.05) is 17.9 Å². The van der Waals surface area contributed by atoms with Crippen LogP contribution in [0, 0.1) is 6.92 Å². The molecule has 8 heteroatoms. The SMILES string of the molecule is Cc1cc(CN2CCN(C(=O)Cc3ccc(OC(F)F)cc3)CC2)on1. The monoisotopic (exact) mass is 365 g/mol. The second-order valence-corrected chi connectivity index (χ2v) is 6.29. The van der Waals surface area contributed by atoms with Gasteiger partial charge in [-0.3, -0.25) is 9.69 Å². The van der Waals surface area contributed by atoms with Gasteiger partial charge in [-0.15, -0.1) is 0 Å². The van der Waals surface area contributed by atoms with Crippen molar-refractivity contribution < 1.29 is 22.8 Å². The molecule has 0 unspecified atom stereocenters. The first-order chi connectivity index (χ1) is 12.5. The first-order valence-electron chi connectivity index (χ1n) is 8.45. The third-order valence-corrected chi connectivity index (χ3v) is 4.29. The average Bonchev–Trinajstić information content (AvgIpc) is 3.01. The molecule has 2 heterocycles. The molecule has 0 N–H and O–H groups in total. The van der Waals surface area contributed by atoms with Crippen LogP contribution < -0.4 is 4.74 Å². The Kier molecular flexibility index (Phi) is 5.82. The van der Waals surface area contributed by atoms with E-state index in [-0.39, 0.29) is 18.1 Å². The van der Waals surface area contributed by atoms with Crippen LogP contribution in [0.2, 0.25) is 0 Å². The Hall–Kier alpha value is -2.48. The molecular weight excluding hydrogens is 344 g/mol. The summed E-state index contributed by atoms with van der Waals surface area (Å²) >= 11 is 0. The van der Waals surface area contributed by atoms with Crippen molar-refractivity contribution >= 4 is 5.91 Å². The first kappa shape index (κ1) is 18.3. The van der Waals surface area contributed by atoms with Crippen LogP contribution in [-0.2, 0) is 17.8 Å². The van der Waals surface area contributed by atoms with Gasteiger partial charge in [0.1, 0.15) is 5.75 Å². The van der Waals surface area contributed by atoms with Gasteiger partial charge in [0, 0.05) is 32.2 Å². The molecule has 140 valence electrons. The molecule has 0 radical (unpaired) electrons. The Morgan fingerprint density at radius 3 is 2.50 bits per heavy atom. The Labute approximate surface area is 150 Å². The molecule has 0 atom stereocenters. The van der Waals surface area contributed by atoms with Gasteiger partial charge in [-0.2, -0.15) is 8.78 Å². The fraction of sp³-hybridized carbons (Fsp3) is 0.444. The summed E-state index contributed by atoms with van der Waals surface area (Å²) in [7, 11) is 0. The van der Waals surface area contributed by atoms with Gasteiger partial charge in [0.05, 0.1) is 18.7 Å². The van der Waals surface area contributed by atoms with Crippen molar-refractivity contribution in [2.24, 2.45) is 0 Å². The number of nitrogens with zero attached hydrogens (tertiary/aromatic N) is 3. The lowest BCUT2D eigenvalue weighted by Gasteiger charge is -2.34. The number of piperazine rings is 1. The maximum absolute atomic E-state index is 12.4. The highest BCUT2D eigenvalue weighted by Gasteiger charge is 2.22. The van der Waals surface area contributed by atoms with Crippen molar-refractivity contribution in [1.29, 1.82) is 0 Å². The standard InChI is InChI=1S/C18H21F2N3O3/c1-13-10-16(26-21-13)12-22-6-8-23(9-7-22)17(24)11-14-2-4-15(5-3-14)25-18(19)20/h2-5,10,18H,6-9,11-12H2,1H3. The van der Waals surface area contributed by atoms with Gasteiger partial charge in [0.15, 0.2) is 5.76 Å². The maximum Gasteiger partial charge on any atom is 0.387 e. The van der Waals surface area contributed by atoms with Gasteiger partial charge in [-0.25, -0.2) is 0 Å². The lowest BCUT2D eigenvalue weighted by Crippen LogP contribution is -2.48. The quantitative estimate of drug-likeness (QED) is 0.787. The van der Waals surface area contributed by atoms with Gasteiger partial charge in [-0.1, -0.05) is 17.3 Å². The third-order valence-electron chi connectivity index (χ3n) is 4.29. The molecule has 1 amide bonds. The van der Waals surface area contributed by atoms with Crippen molar-refractivity contribution in [1.82, 2.24) is 15.0 Å². The van der Waals surface area contributed by atoms with Crippen LogP contribution in [0.3, 0.4) is 0 Å². The molecule has 1 aromatic heterocycles. The van der Waals surface area contributed by atoms with Gasteiger partial charge in [0.25, 0.3) is 0 Å². The summed E-state index contributed by atoms with van der Waals surface area (Å²) in [5, 5.41) is 3.88. The van der Waals surface area contributed by atoms with Crippen LogP contribution in [-0.4, -0.2) is 53.7 Å². The Morgan fingerprint density at radius 1 is 1.23 bits per heavy atom. The summed E-state index contributed by atoms with van der Waals surface area (Å²) in [6, 6.07) is 8.09. The molecule has 2 aromatic rings. The van der Waals surface area contributed by atoms with Crippen LogP contribution in [0.15, 0.2) is 34.9 Å². The van der Waals surface area contributed by atoms with Crippen LogP contribution in [0.5, 0.6) is 5.75 Å². The topological polar surface area (TPSA) is 58.8 Å². The molecule has 0 aliphatic carbocycles. The minimum Gasteiger partial charge on any atom is -0.435 e. The van der Waals surface area contributed by atoms with Gasteiger partial charge in [0.2, 0.25) is 5.91 Å². The van der Waals surface area contributed by atoms with Crippen LogP contribution in [0.4, 0.5) is 8.78 Å². The zero-order chi connectivity index (χ0) is 18.5. The lowest BCUT2D eigenvalue weighted by atomic mass is 10.1. The number of hydrogen-bond donors (Lipinski definition) is 0. The third kappa shape index (κ3) is 5.01. The summed E-state index contributed by atoms with van der Waals surface area (Å²) in [6.07, 6.45) is 0.246. The van der Waals surface area contributed by atoms with Crippen molar-refractivity contribution in [3.8, 4) is 5.75 Å². The number of benzene rings is 1. The van der Waals surface area contributed by atoms with Crippen molar-refractivity contribution in [3.63, 3.8) is 0 Å². The smallest absolute Gasteiger partial charge is 0.387 e. The van der Waals surface area contributed by atoms with E-state index in [9.17, 15) is 13.6 Å². The highest BCUT2D eigenvalue weighted by Crippen LogP contribution is 2.16. The van der Waals surface area contributed by atoms with E-state index in [0.29, 0.717) is 19.6 Å². The number of carbonyl (C=O) groups is 1. The Bertz CT molecular complexity index is 726. The molecular formula is C18H21F2N3O3. The molecule has 1 aliphatic heterocycles. The highest BCUT2D eigenvalue weighted by molar-refractivity contribution is 5.78. The van der Waals surface area contributed by atoms with Crippen molar-refractivity contribution in [2.45, 2.75) is 26.5 Å². The number of aromatic nitrogens is 1. The second-order valence-electron chi connectivity index (χ2n) is 6.29. The number of rotatable bonds is 6. The van der Waals surface area contributed by atoms with Gasteiger partial charge in [-0.05, 0) is 24.6 Å². The molecule has 0 spiro atoms. The van der Waals surface area contributed by atoms with Crippen LogP contribution in [0.25, 0.3) is 0 Å². The van der Waals surface area contributed by atoms with Crippen molar-refractivity contribution in [3.05, 3.63) is 47.3 Å². The first-order valence-corrected chi connectivity index (χ1v) is 8.45. The number of aryl methyl sites for hydroxylation is 1. The molecule has 3 rings (SSSR count). The highest BCUT2D eigenvalue weighted by atomic mass is 19.3. The summed E-state index contributed by atoms with van der Waals surface area (Å²) in [5.41, 5.74) is 1.63. The summed E-state index contributed by atoms with van der Waals surface area (Å²) in [5.74, 6) is 0.948. The van der Waals surface area contributed by atoms with Crippen LogP contribution >= 0.6 is 0 Å². The number of carbonyl (C=O) groups excluding carboxylic acids is 1. The minimum atomic E-state index is -2.85. The molecule has 1 fully saturated rings. The van der Waals surface area contributed by atoms with Crippen molar-refractivity contribution in [2.75, 3.05) is 26.2 Å². The molecule has 1 aromatic carbocycles. The number of hydrogen-bond acceptors (Lipinski definition) is 5. The second kappa shape index (κ2) is 8.27. The molecule has 1 saturated heterocycles. The van der Waals surface area contributed by atoms with Crippen LogP contribution in [0.1, 0.15) is 17.0 Å². The Morgan fingerprint density at radius 2 is 1.92 bits per heavy atom. The maximum atomic E-state index is 12.4. The molecule has 0 bridgehead atoms. The van der Waals surface area contributed by atoms with E-state index in [1.165, 1.54) is 12.1 Å². The minimum absolute atomic E-state index is 0.0303. The molecule has 0 saturated carbocycles. The molecule has 26 heavy (non-hydrogen) atoms. The van der Waals surface area contributed by atoms with E-state index in [0.717, 1.165) is 30.1 Å². The molecule has 6 nitrogen and oxygen atoms in total. The van der Waals surface area contributed by atoms with E-state index in [4.69, 9.17) is 4.52 Å². The zero-order valence-corrected chi connectivity index (χ0v) is 14.5.